The number of aromatic carboxylic acids is 1. The summed E-state index contributed by atoms with van der Waals surface area (Å²) in [5.41, 5.74) is 0.742. The van der Waals surface area contributed by atoms with Gasteiger partial charge in [0.05, 0.1) is 18.8 Å². The van der Waals surface area contributed by atoms with Gasteiger partial charge in [0.1, 0.15) is 22.0 Å². The molecule has 3 aromatic rings. The van der Waals surface area contributed by atoms with Crippen LogP contribution in [0, 0.1) is 6.92 Å². The number of carboxylic acids is 1. The highest BCUT2D eigenvalue weighted by Gasteiger charge is 2.19. The number of nitrogens with one attached hydrogen (secondary N) is 1. The summed E-state index contributed by atoms with van der Waals surface area (Å²) in [6.45, 7) is 1.61. The average Bonchev–Trinajstić information content (AvgIpc) is 3.00. The van der Waals surface area contributed by atoms with Gasteiger partial charge in [-0.15, -0.1) is 11.3 Å². The van der Waals surface area contributed by atoms with Gasteiger partial charge in [0.25, 0.3) is 5.56 Å². The maximum Gasteiger partial charge on any atom is 0.346 e. The predicted octanol–water partition coefficient (Wildman–Crippen LogP) is 1.79. The lowest BCUT2D eigenvalue weighted by molar-refractivity contribution is -0.121. The molecule has 2 heterocycles. The molecule has 0 bridgehead atoms. The van der Waals surface area contributed by atoms with E-state index in [2.05, 4.69) is 10.3 Å². The predicted molar refractivity (Wildman–Crippen MR) is 100 cm³/mol. The first-order chi connectivity index (χ1) is 12.9. The van der Waals surface area contributed by atoms with Crippen molar-refractivity contribution in [1.29, 1.82) is 0 Å². The number of para-hydroxylation sites is 1. The largest absolute Gasteiger partial charge is 0.496 e. The third-order valence-corrected chi connectivity index (χ3v) is 5.28. The summed E-state index contributed by atoms with van der Waals surface area (Å²) < 4.78 is 6.41. The van der Waals surface area contributed by atoms with Crippen LogP contribution in [0.4, 0.5) is 0 Å². The Labute approximate surface area is 158 Å². The summed E-state index contributed by atoms with van der Waals surface area (Å²) in [7, 11) is 1.55. The second-order valence-electron chi connectivity index (χ2n) is 5.81. The highest BCUT2D eigenvalue weighted by molar-refractivity contribution is 7.20. The Balaban J connectivity index is 1.79. The van der Waals surface area contributed by atoms with Gasteiger partial charge in [0.15, 0.2) is 0 Å². The minimum atomic E-state index is -1.10. The number of hydrogen-bond donors (Lipinski definition) is 2. The monoisotopic (exact) mass is 387 g/mol. The number of methoxy groups -OCH3 is 1. The van der Waals surface area contributed by atoms with Crippen molar-refractivity contribution in [3.8, 4) is 5.75 Å². The minimum absolute atomic E-state index is 0.0768. The van der Waals surface area contributed by atoms with Crippen LogP contribution in [0.25, 0.3) is 10.2 Å². The number of fused-ring (bicyclic) bond motifs is 1. The molecule has 0 saturated carbocycles. The van der Waals surface area contributed by atoms with Crippen molar-refractivity contribution in [2.75, 3.05) is 7.11 Å². The van der Waals surface area contributed by atoms with Gasteiger partial charge in [-0.1, -0.05) is 18.2 Å². The summed E-state index contributed by atoms with van der Waals surface area (Å²) in [5.74, 6) is -0.806. The molecule has 0 aliphatic rings. The first-order valence-corrected chi connectivity index (χ1v) is 8.84. The Morgan fingerprint density at radius 2 is 2.07 bits per heavy atom. The van der Waals surface area contributed by atoms with Crippen molar-refractivity contribution in [2.45, 2.75) is 20.0 Å². The van der Waals surface area contributed by atoms with E-state index in [1.807, 2.05) is 18.2 Å². The summed E-state index contributed by atoms with van der Waals surface area (Å²) in [5, 5.41) is 12.2. The summed E-state index contributed by atoms with van der Waals surface area (Å²) >= 11 is 0.947. The number of aryl methyl sites for hydroxylation is 1. The molecule has 2 aromatic heterocycles. The Bertz CT molecular complexity index is 1090. The third-order valence-electron chi connectivity index (χ3n) is 4.09. The number of hydrogen-bond acceptors (Lipinski definition) is 6. The van der Waals surface area contributed by atoms with Gasteiger partial charge in [-0.3, -0.25) is 14.2 Å². The van der Waals surface area contributed by atoms with Crippen molar-refractivity contribution in [1.82, 2.24) is 14.9 Å². The van der Waals surface area contributed by atoms with E-state index in [1.165, 1.54) is 10.9 Å². The SMILES string of the molecule is COc1ccccc1CNC(=O)Cn1cnc2sc(C(=O)O)c(C)c2c1=O. The van der Waals surface area contributed by atoms with Crippen LogP contribution < -0.4 is 15.6 Å². The van der Waals surface area contributed by atoms with Crippen LogP contribution in [-0.4, -0.2) is 33.6 Å². The summed E-state index contributed by atoms with van der Waals surface area (Å²) in [6.07, 6.45) is 1.26. The maximum atomic E-state index is 12.6. The van der Waals surface area contributed by atoms with E-state index >= 15 is 0 Å². The van der Waals surface area contributed by atoms with Gasteiger partial charge < -0.3 is 15.2 Å². The maximum absolute atomic E-state index is 12.6. The van der Waals surface area contributed by atoms with E-state index < -0.39 is 11.5 Å². The number of carbonyl (C=O) groups excluding carboxylic acids is 1. The van der Waals surface area contributed by atoms with Gasteiger partial charge >= 0.3 is 5.97 Å². The lowest BCUT2D eigenvalue weighted by atomic mass is 10.2. The number of amides is 1. The number of carbonyl (C=O) groups is 2. The Hall–Kier alpha value is -3.20. The minimum Gasteiger partial charge on any atom is -0.496 e. The molecule has 0 saturated heterocycles. The number of thiophene rings is 1. The lowest BCUT2D eigenvalue weighted by Crippen LogP contribution is -2.32. The van der Waals surface area contributed by atoms with Crippen LogP contribution in [0.5, 0.6) is 5.75 Å². The second kappa shape index (κ2) is 7.58. The molecule has 9 heteroatoms. The summed E-state index contributed by atoms with van der Waals surface area (Å²) in [4.78, 5) is 40.7. The van der Waals surface area contributed by atoms with E-state index in [0.29, 0.717) is 16.1 Å². The molecule has 27 heavy (non-hydrogen) atoms. The molecule has 140 valence electrons. The van der Waals surface area contributed by atoms with Crippen LogP contribution in [0.2, 0.25) is 0 Å². The molecule has 2 N–H and O–H groups in total. The van der Waals surface area contributed by atoms with Crippen LogP contribution in [0.3, 0.4) is 0 Å². The molecule has 1 aromatic carbocycles. The van der Waals surface area contributed by atoms with Gasteiger partial charge in [0, 0.05) is 12.1 Å². The molecule has 8 nitrogen and oxygen atoms in total. The molecular weight excluding hydrogens is 370 g/mol. The van der Waals surface area contributed by atoms with E-state index in [4.69, 9.17) is 4.74 Å². The zero-order chi connectivity index (χ0) is 19.6. The van der Waals surface area contributed by atoms with Gasteiger partial charge in [-0.05, 0) is 18.6 Å². The zero-order valence-electron chi connectivity index (χ0n) is 14.7. The Kier molecular flexibility index (Phi) is 5.22. The van der Waals surface area contributed by atoms with Crippen LogP contribution in [0.1, 0.15) is 20.8 Å². The topological polar surface area (TPSA) is 111 Å². The molecule has 1 amide bonds. The average molecular weight is 387 g/mol. The molecule has 0 fully saturated rings. The van der Waals surface area contributed by atoms with Gasteiger partial charge in [0.2, 0.25) is 5.91 Å². The molecule has 3 rings (SSSR count). The van der Waals surface area contributed by atoms with E-state index in [0.717, 1.165) is 16.9 Å². The number of carboxylic acid groups (broad SMARTS) is 1. The molecular formula is C18H17N3O5S. The van der Waals surface area contributed by atoms with Crippen LogP contribution in [-0.2, 0) is 17.9 Å². The smallest absolute Gasteiger partial charge is 0.346 e. The molecule has 0 spiro atoms. The molecule has 0 radical (unpaired) electrons. The van der Waals surface area contributed by atoms with Crippen molar-refractivity contribution >= 4 is 33.4 Å². The summed E-state index contributed by atoms with van der Waals surface area (Å²) in [6, 6.07) is 7.30. The fourth-order valence-electron chi connectivity index (χ4n) is 2.73. The van der Waals surface area contributed by atoms with Crippen LogP contribution >= 0.6 is 11.3 Å². The lowest BCUT2D eigenvalue weighted by Gasteiger charge is -2.10. The zero-order valence-corrected chi connectivity index (χ0v) is 15.5. The Morgan fingerprint density at radius 1 is 1.33 bits per heavy atom. The first-order valence-electron chi connectivity index (χ1n) is 8.02. The van der Waals surface area contributed by atoms with Crippen molar-refractivity contribution in [3.63, 3.8) is 0 Å². The van der Waals surface area contributed by atoms with Gasteiger partial charge in [-0.2, -0.15) is 0 Å². The van der Waals surface area contributed by atoms with Crippen molar-refractivity contribution < 1.29 is 19.4 Å². The quantitative estimate of drug-likeness (QED) is 0.667. The number of nitrogens with zero attached hydrogens (tertiary/aromatic N) is 2. The normalized spacial score (nSPS) is 10.7. The highest BCUT2D eigenvalue weighted by Crippen LogP contribution is 2.26. The van der Waals surface area contributed by atoms with Crippen molar-refractivity contribution in [2.24, 2.45) is 0 Å². The number of rotatable bonds is 6. The number of aromatic nitrogens is 2. The second-order valence-corrected chi connectivity index (χ2v) is 6.81. The van der Waals surface area contributed by atoms with Crippen molar-refractivity contribution in [3.05, 3.63) is 57.0 Å². The van der Waals surface area contributed by atoms with Crippen LogP contribution in [0.15, 0.2) is 35.4 Å². The molecule has 0 aliphatic carbocycles. The molecule has 0 atom stereocenters. The fourth-order valence-corrected chi connectivity index (χ4v) is 3.71. The highest BCUT2D eigenvalue weighted by atomic mass is 32.1. The number of ether oxygens (including phenoxy) is 1. The third kappa shape index (κ3) is 3.68. The standard InChI is InChI=1S/C18H17N3O5S/c1-10-14-16(27-15(10)18(24)25)20-9-21(17(14)23)8-13(22)19-7-11-5-3-4-6-12(11)26-2/h3-6,9H,7-8H2,1-2H3,(H,19,22)(H,24,25). The number of benzene rings is 1. The molecule has 0 aliphatic heterocycles. The first kappa shape index (κ1) is 18.6. The van der Waals surface area contributed by atoms with E-state index in [-0.39, 0.29) is 29.3 Å². The van der Waals surface area contributed by atoms with E-state index in [9.17, 15) is 19.5 Å². The molecule has 0 unspecified atom stereocenters. The van der Waals surface area contributed by atoms with Gasteiger partial charge in [-0.25, -0.2) is 9.78 Å². The van der Waals surface area contributed by atoms with E-state index in [1.54, 1.807) is 20.1 Å². The fraction of sp³-hybridized carbons (Fsp3) is 0.222. The Morgan fingerprint density at radius 3 is 2.78 bits per heavy atom.